The number of hydrogen-bond donors (Lipinski definition) is 2. The van der Waals surface area contributed by atoms with Gasteiger partial charge in [-0.3, -0.25) is 4.79 Å². The van der Waals surface area contributed by atoms with Crippen LogP contribution in [0.5, 0.6) is 0 Å². The third kappa shape index (κ3) is 3.02. The van der Waals surface area contributed by atoms with Crippen molar-refractivity contribution in [3.05, 3.63) is 24.3 Å². The van der Waals surface area contributed by atoms with E-state index in [0.29, 0.717) is 5.13 Å². The number of carbonyl (C=O) groups is 1. The van der Waals surface area contributed by atoms with Crippen molar-refractivity contribution < 1.29 is 4.79 Å². The van der Waals surface area contributed by atoms with Crippen LogP contribution in [0.4, 0.5) is 5.13 Å². The van der Waals surface area contributed by atoms with Crippen LogP contribution < -0.4 is 10.6 Å². The van der Waals surface area contributed by atoms with Crippen molar-refractivity contribution in [3.8, 4) is 0 Å². The molecule has 2 N–H and O–H groups in total. The van der Waals surface area contributed by atoms with Gasteiger partial charge in [-0.05, 0) is 24.4 Å². The van der Waals surface area contributed by atoms with Crippen molar-refractivity contribution in [1.29, 1.82) is 0 Å². The van der Waals surface area contributed by atoms with Crippen LogP contribution in [-0.2, 0) is 4.79 Å². The van der Waals surface area contributed by atoms with Gasteiger partial charge in [0.2, 0.25) is 5.91 Å². The molecule has 0 aliphatic heterocycles. The molecule has 0 atom stereocenters. The maximum Gasteiger partial charge on any atom is 0.228 e. The lowest BCUT2D eigenvalue weighted by Gasteiger charge is -2.08. The smallest absolute Gasteiger partial charge is 0.228 e. The predicted molar refractivity (Wildman–Crippen MR) is 78.8 cm³/mol. The highest BCUT2D eigenvalue weighted by Crippen LogP contribution is 2.25. The van der Waals surface area contributed by atoms with E-state index in [1.165, 1.54) is 11.3 Å². The zero-order valence-electron chi connectivity index (χ0n) is 10.1. The van der Waals surface area contributed by atoms with E-state index in [-0.39, 0.29) is 16.9 Å². The molecule has 0 aliphatic rings. The zero-order valence-corrected chi connectivity index (χ0v) is 11.7. The van der Waals surface area contributed by atoms with Crippen molar-refractivity contribution in [2.24, 2.45) is 5.92 Å². The van der Waals surface area contributed by atoms with Crippen LogP contribution >= 0.6 is 23.6 Å². The van der Waals surface area contributed by atoms with Gasteiger partial charge < -0.3 is 10.6 Å². The van der Waals surface area contributed by atoms with Gasteiger partial charge in [0.25, 0.3) is 0 Å². The highest BCUT2D eigenvalue weighted by Gasteiger charge is 2.10. The predicted octanol–water partition coefficient (Wildman–Crippen LogP) is 2.77. The minimum absolute atomic E-state index is 0.0971. The fourth-order valence-corrected chi connectivity index (χ4v) is 2.44. The summed E-state index contributed by atoms with van der Waals surface area (Å²) in [5, 5.41) is 6.51. The molecule has 0 unspecified atom stereocenters. The number of thiazole rings is 1. The summed E-state index contributed by atoms with van der Waals surface area (Å²) in [6, 6.07) is 7.83. The standard InChI is InChI=1S/C12H13N3OS2/c1-7(2)10(16)14-11(17)15-12-13-8-5-3-4-6-9(8)18-12/h3-7H,1-2H3,(H2,13,14,15,16,17). The number of thiocarbonyl (C=S) groups is 1. The van der Waals surface area contributed by atoms with Gasteiger partial charge >= 0.3 is 0 Å². The number of amides is 1. The first-order valence-corrected chi connectivity index (χ1v) is 6.76. The Morgan fingerprint density at radius 3 is 2.78 bits per heavy atom. The zero-order chi connectivity index (χ0) is 13.1. The Morgan fingerprint density at radius 2 is 2.11 bits per heavy atom. The van der Waals surface area contributed by atoms with Crippen LogP contribution in [0.25, 0.3) is 10.2 Å². The molecule has 0 spiro atoms. The fourth-order valence-electron chi connectivity index (χ4n) is 1.31. The summed E-state index contributed by atoms with van der Waals surface area (Å²) < 4.78 is 1.08. The van der Waals surface area contributed by atoms with Crippen molar-refractivity contribution in [1.82, 2.24) is 10.3 Å². The molecule has 0 saturated heterocycles. The molecule has 4 nitrogen and oxygen atoms in total. The molecule has 1 amide bonds. The van der Waals surface area contributed by atoms with Gasteiger partial charge in [-0.2, -0.15) is 0 Å². The lowest BCUT2D eigenvalue weighted by Crippen LogP contribution is -2.36. The van der Waals surface area contributed by atoms with Gasteiger partial charge in [-0.1, -0.05) is 37.3 Å². The van der Waals surface area contributed by atoms with E-state index in [1.54, 1.807) is 0 Å². The van der Waals surface area contributed by atoms with Gasteiger partial charge in [-0.15, -0.1) is 0 Å². The topological polar surface area (TPSA) is 54.0 Å². The summed E-state index contributed by atoms with van der Waals surface area (Å²) in [5.74, 6) is -0.200. The number of rotatable bonds is 2. The maximum absolute atomic E-state index is 11.5. The van der Waals surface area contributed by atoms with Gasteiger partial charge in [0.1, 0.15) is 0 Å². The number of hydrogen-bond acceptors (Lipinski definition) is 4. The van der Waals surface area contributed by atoms with Crippen LogP contribution in [0.15, 0.2) is 24.3 Å². The largest absolute Gasteiger partial charge is 0.308 e. The second-order valence-corrected chi connectivity index (χ2v) is 5.52. The molecule has 0 aliphatic carbocycles. The first-order valence-electron chi connectivity index (χ1n) is 5.53. The first kappa shape index (κ1) is 12.9. The SMILES string of the molecule is CC(C)C(=O)NC(=S)Nc1nc2ccccc2s1. The highest BCUT2D eigenvalue weighted by atomic mass is 32.1. The second kappa shape index (κ2) is 5.41. The summed E-state index contributed by atoms with van der Waals surface area (Å²) in [6.45, 7) is 3.63. The van der Waals surface area contributed by atoms with E-state index >= 15 is 0 Å². The number of nitrogens with zero attached hydrogens (tertiary/aromatic N) is 1. The Morgan fingerprint density at radius 1 is 1.39 bits per heavy atom. The number of carbonyl (C=O) groups excluding carboxylic acids is 1. The van der Waals surface area contributed by atoms with Crippen molar-refractivity contribution in [2.75, 3.05) is 5.32 Å². The second-order valence-electron chi connectivity index (χ2n) is 4.08. The summed E-state index contributed by atoms with van der Waals surface area (Å²) in [6.07, 6.45) is 0. The van der Waals surface area contributed by atoms with E-state index in [9.17, 15) is 4.79 Å². The third-order valence-electron chi connectivity index (χ3n) is 2.28. The van der Waals surface area contributed by atoms with E-state index in [0.717, 1.165) is 10.2 Å². The monoisotopic (exact) mass is 279 g/mol. The molecule has 2 rings (SSSR count). The molecule has 2 aromatic rings. The van der Waals surface area contributed by atoms with Gasteiger partial charge in [0.05, 0.1) is 10.2 Å². The van der Waals surface area contributed by atoms with Crippen molar-refractivity contribution >= 4 is 49.9 Å². The van der Waals surface area contributed by atoms with Gasteiger partial charge in [-0.25, -0.2) is 4.98 Å². The lowest BCUT2D eigenvalue weighted by molar-refractivity contribution is -0.122. The molecular formula is C12H13N3OS2. The van der Waals surface area contributed by atoms with Gasteiger partial charge in [0.15, 0.2) is 10.2 Å². The molecule has 0 radical (unpaired) electrons. The molecule has 0 saturated carbocycles. The van der Waals surface area contributed by atoms with Crippen LogP contribution in [-0.4, -0.2) is 16.0 Å². The first-order chi connectivity index (χ1) is 8.56. The van der Waals surface area contributed by atoms with Crippen molar-refractivity contribution in [2.45, 2.75) is 13.8 Å². The Kier molecular flexibility index (Phi) is 3.88. The van der Waals surface area contributed by atoms with Crippen LogP contribution in [0.1, 0.15) is 13.8 Å². The molecule has 1 aromatic heterocycles. The number of nitrogens with one attached hydrogen (secondary N) is 2. The van der Waals surface area contributed by atoms with Crippen LogP contribution in [0, 0.1) is 5.92 Å². The summed E-state index contributed by atoms with van der Waals surface area (Å²) in [4.78, 5) is 15.8. The minimum Gasteiger partial charge on any atom is -0.308 e. The molecular weight excluding hydrogens is 266 g/mol. The average Bonchev–Trinajstić information content (AvgIpc) is 2.70. The number of anilines is 1. The third-order valence-corrected chi connectivity index (χ3v) is 3.43. The van der Waals surface area contributed by atoms with Gasteiger partial charge in [0, 0.05) is 5.92 Å². The quantitative estimate of drug-likeness (QED) is 0.830. The average molecular weight is 279 g/mol. The number of aromatic nitrogens is 1. The molecule has 0 fully saturated rings. The van der Waals surface area contributed by atoms with Crippen LogP contribution in [0.3, 0.4) is 0 Å². The summed E-state index contributed by atoms with van der Waals surface area (Å²) >= 11 is 6.56. The van der Waals surface area contributed by atoms with E-state index in [1.807, 2.05) is 38.1 Å². The lowest BCUT2D eigenvalue weighted by atomic mass is 10.2. The molecule has 18 heavy (non-hydrogen) atoms. The summed E-state index contributed by atoms with van der Waals surface area (Å²) in [5.41, 5.74) is 0.919. The molecule has 6 heteroatoms. The normalized spacial score (nSPS) is 10.6. The number of fused-ring (bicyclic) bond motifs is 1. The van der Waals surface area contributed by atoms with E-state index in [2.05, 4.69) is 15.6 Å². The molecule has 94 valence electrons. The fraction of sp³-hybridized carbons (Fsp3) is 0.250. The van der Waals surface area contributed by atoms with E-state index in [4.69, 9.17) is 12.2 Å². The molecule has 1 aromatic carbocycles. The Labute approximate surface area is 114 Å². The molecule has 1 heterocycles. The van der Waals surface area contributed by atoms with E-state index < -0.39 is 0 Å². The minimum atomic E-state index is -0.103. The van der Waals surface area contributed by atoms with Crippen LogP contribution in [0.2, 0.25) is 0 Å². The Bertz CT molecular complexity index is 559. The number of para-hydroxylation sites is 1. The maximum atomic E-state index is 11.5. The number of benzene rings is 1. The highest BCUT2D eigenvalue weighted by molar-refractivity contribution is 7.80. The van der Waals surface area contributed by atoms with Crippen molar-refractivity contribution in [3.63, 3.8) is 0 Å². The Balaban J connectivity index is 2.05. The Hall–Kier alpha value is -1.53. The summed E-state index contributed by atoms with van der Waals surface area (Å²) in [7, 11) is 0. The molecule has 0 bridgehead atoms.